The van der Waals surface area contributed by atoms with Gasteiger partial charge in [0.25, 0.3) is 0 Å². The van der Waals surface area contributed by atoms with Crippen LogP contribution in [0.15, 0.2) is 0 Å². The zero-order valence-corrected chi connectivity index (χ0v) is 13.2. The lowest BCUT2D eigenvalue weighted by atomic mass is 10.1. The highest BCUT2D eigenvalue weighted by molar-refractivity contribution is 7.98. The quantitative estimate of drug-likeness (QED) is 0.799. The molecule has 1 atom stereocenters. The third-order valence-electron chi connectivity index (χ3n) is 1.82. The van der Waals surface area contributed by atoms with E-state index in [0.717, 1.165) is 5.75 Å². The normalized spacial score (nSPS) is 10.6. The standard InChI is InChI=1S/C9H19NOS.2C2H6/c1-5-9(11)10-8(6-12-4)7(2)3;2*1-2/h7-8H,5-6H2,1-4H3,(H,10,11);2*1-2H3. The molecule has 0 aromatic carbocycles. The maximum Gasteiger partial charge on any atom is 0.219 e. The highest BCUT2D eigenvalue weighted by atomic mass is 32.2. The molecule has 0 aliphatic heterocycles. The average molecular weight is 249 g/mol. The van der Waals surface area contributed by atoms with Gasteiger partial charge in [-0.2, -0.15) is 11.8 Å². The van der Waals surface area contributed by atoms with Gasteiger partial charge in [0, 0.05) is 18.2 Å². The third-order valence-corrected chi connectivity index (χ3v) is 2.51. The Balaban J connectivity index is -0.000000376. The maximum absolute atomic E-state index is 11.1. The van der Waals surface area contributed by atoms with Gasteiger partial charge in [-0.15, -0.1) is 0 Å². The summed E-state index contributed by atoms with van der Waals surface area (Å²) in [4.78, 5) is 11.1. The highest BCUT2D eigenvalue weighted by Gasteiger charge is 2.13. The molecule has 0 aromatic rings. The van der Waals surface area contributed by atoms with Crippen LogP contribution in [0.5, 0.6) is 0 Å². The van der Waals surface area contributed by atoms with Crippen LogP contribution in [0.3, 0.4) is 0 Å². The summed E-state index contributed by atoms with van der Waals surface area (Å²) in [5.74, 6) is 1.68. The molecule has 0 saturated heterocycles. The van der Waals surface area contributed by atoms with Gasteiger partial charge in [-0.05, 0) is 12.2 Å². The predicted molar refractivity (Wildman–Crippen MR) is 78.1 cm³/mol. The van der Waals surface area contributed by atoms with Crippen LogP contribution in [0.25, 0.3) is 0 Å². The number of carbonyl (C=O) groups excluding carboxylic acids is 1. The fourth-order valence-electron chi connectivity index (χ4n) is 0.889. The molecule has 0 heterocycles. The smallest absolute Gasteiger partial charge is 0.219 e. The van der Waals surface area contributed by atoms with Crippen molar-refractivity contribution in [1.29, 1.82) is 0 Å². The average Bonchev–Trinajstić information content (AvgIpc) is 2.33. The summed E-state index contributed by atoms with van der Waals surface area (Å²) in [6, 6.07) is 0.326. The summed E-state index contributed by atoms with van der Waals surface area (Å²) >= 11 is 1.78. The van der Waals surface area contributed by atoms with E-state index in [1.54, 1.807) is 11.8 Å². The molecule has 16 heavy (non-hydrogen) atoms. The highest BCUT2D eigenvalue weighted by Crippen LogP contribution is 2.07. The van der Waals surface area contributed by atoms with Gasteiger partial charge in [0.15, 0.2) is 0 Å². The van der Waals surface area contributed by atoms with Crippen molar-refractivity contribution in [3.63, 3.8) is 0 Å². The Morgan fingerprint density at radius 1 is 1.19 bits per heavy atom. The molecule has 100 valence electrons. The second-order valence-electron chi connectivity index (χ2n) is 3.23. The van der Waals surface area contributed by atoms with Crippen molar-refractivity contribution in [3.05, 3.63) is 0 Å². The first-order valence-electron chi connectivity index (χ1n) is 6.40. The van der Waals surface area contributed by atoms with Gasteiger partial charge in [0.1, 0.15) is 0 Å². The molecule has 0 saturated carbocycles. The first kappa shape index (κ1) is 21.1. The summed E-state index contributed by atoms with van der Waals surface area (Å²) in [5, 5.41) is 3.01. The van der Waals surface area contributed by atoms with E-state index in [-0.39, 0.29) is 5.91 Å². The van der Waals surface area contributed by atoms with Gasteiger partial charge in [-0.3, -0.25) is 4.79 Å². The molecular weight excluding hydrogens is 218 g/mol. The zero-order chi connectivity index (χ0) is 13.6. The van der Waals surface area contributed by atoms with Crippen molar-refractivity contribution in [2.45, 2.75) is 60.9 Å². The molecule has 3 heteroatoms. The molecule has 0 spiro atoms. The summed E-state index contributed by atoms with van der Waals surface area (Å²) in [6.07, 6.45) is 2.64. The molecule has 0 rings (SSSR count). The Kier molecular flexibility index (Phi) is 22.8. The number of nitrogens with one attached hydrogen (secondary N) is 1. The van der Waals surface area contributed by atoms with Crippen LogP contribution in [0.1, 0.15) is 54.9 Å². The molecule has 2 nitrogen and oxygen atoms in total. The van der Waals surface area contributed by atoms with Gasteiger partial charge < -0.3 is 5.32 Å². The van der Waals surface area contributed by atoms with Crippen molar-refractivity contribution in [2.75, 3.05) is 12.0 Å². The fraction of sp³-hybridized carbons (Fsp3) is 0.923. The molecule has 0 aliphatic carbocycles. The maximum atomic E-state index is 11.1. The topological polar surface area (TPSA) is 29.1 Å². The van der Waals surface area contributed by atoms with E-state index < -0.39 is 0 Å². The molecule has 1 N–H and O–H groups in total. The fourth-order valence-corrected chi connectivity index (χ4v) is 1.72. The Morgan fingerprint density at radius 3 is 1.88 bits per heavy atom. The van der Waals surface area contributed by atoms with Crippen molar-refractivity contribution in [1.82, 2.24) is 5.32 Å². The monoisotopic (exact) mass is 249 g/mol. The minimum Gasteiger partial charge on any atom is -0.352 e. The van der Waals surface area contributed by atoms with E-state index in [1.807, 2.05) is 34.6 Å². The molecule has 0 aromatic heterocycles. The summed E-state index contributed by atoms with van der Waals surface area (Å²) in [7, 11) is 0. The Labute approximate surface area is 107 Å². The van der Waals surface area contributed by atoms with E-state index in [4.69, 9.17) is 0 Å². The molecule has 0 aliphatic rings. The van der Waals surface area contributed by atoms with E-state index in [9.17, 15) is 4.79 Å². The second-order valence-corrected chi connectivity index (χ2v) is 4.14. The van der Waals surface area contributed by atoms with Gasteiger partial charge >= 0.3 is 0 Å². The van der Waals surface area contributed by atoms with Gasteiger partial charge in [0.2, 0.25) is 5.91 Å². The lowest BCUT2D eigenvalue weighted by Gasteiger charge is -2.20. The van der Waals surface area contributed by atoms with E-state index >= 15 is 0 Å². The van der Waals surface area contributed by atoms with Crippen molar-refractivity contribution in [2.24, 2.45) is 5.92 Å². The number of hydrogen-bond acceptors (Lipinski definition) is 2. The van der Waals surface area contributed by atoms with Crippen molar-refractivity contribution < 1.29 is 4.79 Å². The van der Waals surface area contributed by atoms with E-state index in [0.29, 0.717) is 18.4 Å². The lowest BCUT2D eigenvalue weighted by Crippen LogP contribution is -2.39. The number of hydrogen-bond donors (Lipinski definition) is 1. The first-order valence-corrected chi connectivity index (χ1v) is 7.79. The molecular formula is C13H31NOS. The number of rotatable bonds is 5. The molecule has 0 bridgehead atoms. The van der Waals surface area contributed by atoms with Crippen LogP contribution in [0, 0.1) is 5.92 Å². The van der Waals surface area contributed by atoms with Crippen molar-refractivity contribution >= 4 is 17.7 Å². The molecule has 1 unspecified atom stereocenters. The predicted octanol–water partition coefficient (Wildman–Crippen LogP) is 3.95. The van der Waals surface area contributed by atoms with Gasteiger partial charge in [0.05, 0.1) is 0 Å². The van der Waals surface area contributed by atoms with Crippen LogP contribution < -0.4 is 5.32 Å². The lowest BCUT2D eigenvalue weighted by molar-refractivity contribution is -0.121. The minimum absolute atomic E-state index is 0.155. The van der Waals surface area contributed by atoms with Gasteiger partial charge in [-0.25, -0.2) is 0 Å². The third kappa shape index (κ3) is 13.8. The first-order chi connectivity index (χ1) is 7.61. The van der Waals surface area contributed by atoms with Gasteiger partial charge in [-0.1, -0.05) is 48.5 Å². The Hall–Kier alpha value is -0.180. The molecule has 0 fully saturated rings. The number of amides is 1. The molecule has 1 amide bonds. The second kappa shape index (κ2) is 17.2. The van der Waals surface area contributed by atoms with Crippen molar-refractivity contribution in [3.8, 4) is 0 Å². The summed E-state index contributed by atoms with van der Waals surface area (Å²) in [6.45, 7) is 14.2. The van der Waals surface area contributed by atoms with Crippen LogP contribution in [-0.4, -0.2) is 24.0 Å². The largest absolute Gasteiger partial charge is 0.352 e. The Bertz CT molecular complexity index is 138. The Morgan fingerprint density at radius 2 is 1.62 bits per heavy atom. The van der Waals surface area contributed by atoms with Crippen LogP contribution in [0.2, 0.25) is 0 Å². The summed E-state index contributed by atoms with van der Waals surface area (Å²) < 4.78 is 0. The van der Waals surface area contributed by atoms with Crippen LogP contribution >= 0.6 is 11.8 Å². The van der Waals surface area contributed by atoms with Crippen LogP contribution in [-0.2, 0) is 4.79 Å². The summed E-state index contributed by atoms with van der Waals surface area (Å²) in [5.41, 5.74) is 0. The zero-order valence-electron chi connectivity index (χ0n) is 12.4. The molecule has 0 radical (unpaired) electrons. The number of carbonyl (C=O) groups is 1. The SMILES string of the molecule is CC.CC.CCC(=O)NC(CSC)C(C)C. The minimum atomic E-state index is 0.155. The van der Waals surface area contributed by atoms with E-state index in [2.05, 4.69) is 25.4 Å². The number of thioether (sulfide) groups is 1. The van der Waals surface area contributed by atoms with E-state index in [1.165, 1.54) is 0 Å². The van der Waals surface area contributed by atoms with Crippen LogP contribution in [0.4, 0.5) is 0 Å².